The standard InChI is InChI=1S/C63H115NO5/c1-12-14-16-18-20-27-41-57(42-28-21-19-17-15-13-2)67-60(65)43-29-23-22-25-39-56(46-49-64(10)11)40-26-24-30-44-61(66)68-59-50-54(7)62-58(55(59)8)45-48-63(9,69-62)47-33-38-53(6)37-32-36-52(5)35-31-34-51(3)4/h50-53,56-57H,12-49H2,1-11H3. The summed E-state index contributed by atoms with van der Waals surface area (Å²) in [7, 11) is 4.34. The first-order valence-corrected chi connectivity index (χ1v) is 30.0. The third-order valence-corrected chi connectivity index (χ3v) is 15.8. The van der Waals surface area contributed by atoms with E-state index < -0.39 is 0 Å². The van der Waals surface area contributed by atoms with Gasteiger partial charge in [0.15, 0.2) is 0 Å². The van der Waals surface area contributed by atoms with Crippen LogP contribution in [0.4, 0.5) is 0 Å². The molecule has 1 aromatic carbocycles. The summed E-state index contributed by atoms with van der Waals surface area (Å²) >= 11 is 0. The second-order valence-corrected chi connectivity index (χ2v) is 23.7. The Hall–Kier alpha value is -2.08. The number of carbonyl (C=O) groups is 2. The van der Waals surface area contributed by atoms with Gasteiger partial charge in [0, 0.05) is 18.4 Å². The second kappa shape index (κ2) is 38.5. The fraction of sp³-hybridized carbons (Fsp3) is 0.873. The fourth-order valence-corrected chi connectivity index (χ4v) is 10.9. The highest BCUT2D eigenvalue weighted by Gasteiger charge is 2.34. The molecular formula is C63H115NO5. The van der Waals surface area contributed by atoms with Gasteiger partial charge in [-0.25, -0.2) is 0 Å². The Kier molecular flexibility index (Phi) is 35.2. The number of rotatable bonds is 44. The summed E-state index contributed by atoms with van der Waals surface area (Å²) in [6.45, 7) is 21.7. The van der Waals surface area contributed by atoms with Crippen molar-refractivity contribution in [2.75, 3.05) is 20.6 Å². The van der Waals surface area contributed by atoms with E-state index in [0.717, 1.165) is 105 Å². The van der Waals surface area contributed by atoms with E-state index in [0.29, 0.717) is 24.5 Å². The summed E-state index contributed by atoms with van der Waals surface area (Å²) in [5.74, 6) is 4.80. The molecule has 2 rings (SSSR count). The molecule has 0 amide bonds. The van der Waals surface area contributed by atoms with Gasteiger partial charge < -0.3 is 19.1 Å². The van der Waals surface area contributed by atoms with Crippen molar-refractivity contribution in [3.05, 3.63) is 22.8 Å². The minimum atomic E-state index is -0.140. The quantitative estimate of drug-likeness (QED) is 0.0369. The lowest BCUT2D eigenvalue weighted by Crippen LogP contribution is -2.37. The molecule has 0 N–H and O–H groups in total. The zero-order chi connectivity index (χ0) is 50.7. The van der Waals surface area contributed by atoms with Gasteiger partial charge in [-0.05, 0) is 153 Å². The van der Waals surface area contributed by atoms with E-state index >= 15 is 0 Å². The van der Waals surface area contributed by atoms with Crippen molar-refractivity contribution in [1.82, 2.24) is 4.90 Å². The zero-order valence-electron chi connectivity index (χ0n) is 47.8. The molecule has 69 heavy (non-hydrogen) atoms. The normalized spacial score (nSPS) is 16.2. The lowest BCUT2D eigenvalue weighted by atomic mass is 9.84. The average Bonchev–Trinajstić information content (AvgIpc) is 3.29. The molecule has 4 atom stereocenters. The van der Waals surface area contributed by atoms with Crippen molar-refractivity contribution in [3.63, 3.8) is 0 Å². The molecule has 6 heteroatoms. The van der Waals surface area contributed by atoms with Crippen LogP contribution in [0.25, 0.3) is 0 Å². The third kappa shape index (κ3) is 30.5. The van der Waals surface area contributed by atoms with Crippen LogP contribution in [0, 0.1) is 37.5 Å². The van der Waals surface area contributed by atoms with E-state index in [9.17, 15) is 9.59 Å². The van der Waals surface area contributed by atoms with Crippen LogP contribution in [0.15, 0.2) is 6.07 Å². The highest BCUT2D eigenvalue weighted by Crippen LogP contribution is 2.43. The first-order chi connectivity index (χ1) is 33.2. The van der Waals surface area contributed by atoms with Gasteiger partial charge in [-0.2, -0.15) is 0 Å². The Bertz CT molecular complexity index is 1440. The van der Waals surface area contributed by atoms with Gasteiger partial charge in [0.25, 0.3) is 0 Å². The SMILES string of the molecule is CCCCCCCCC(CCCCCCCC)OC(=O)CCCCCCC(CCCCCC(=O)Oc1cc(C)c2c(c1C)CCC(C)(CCCC(C)CCCC(C)CCCC(C)C)O2)CCN(C)C. The van der Waals surface area contributed by atoms with Crippen LogP contribution in [-0.2, 0) is 20.7 Å². The molecule has 0 aliphatic carbocycles. The van der Waals surface area contributed by atoms with E-state index in [4.69, 9.17) is 14.2 Å². The first kappa shape index (κ1) is 63.0. The number of esters is 2. The number of aryl methyl sites for hydroxylation is 1. The second-order valence-electron chi connectivity index (χ2n) is 23.7. The van der Waals surface area contributed by atoms with Crippen LogP contribution in [0.2, 0.25) is 0 Å². The molecule has 1 aromatic rings. The van der Waals surface area contributed by atoms with Gasteiger partial charge in [-0.3, -0.25) is 9.59 Å². The molecule has 1 heterocycles. The maximum absolute atomic E-state index is 13.2. The molecule has 0 fully saturated rings. The van der Waals surface area contributed by atoms with Crippen molar-refractivity contribution in [2.45, 2.75) is 312 Å². The number of ether oxygens (including phenoxy) is 3. The molecule has 0 saturated carbocycles. The minimum absolute atomic E-state index is 0.0271. The molecule has 0 bridgehead atoms. The summed E-state index contributed by atoms with van der Waals surface area (Å²) in [5.41, 5.74) is 3.22. The van der Waals surface area contributed by atoms with E-state index in [1.54, 1.807) is 0 Å². The first-order valence-electron chi connectivity index (χ1n) is 30.0. The molecule has 4 unspecified atom stereocenters. The Morgan fingerprint density at radius 2 is 1.10 bits per heavy atom. The topological polar surface area (TPSA) is 65.1 Å². The number of benzene rings is 1. The molecule has 402 valence electrons. The van der Waals surface area contributed by atoms with Crippen LogP contribution >= 0.6 is 0 Å². The van der Waals surface area contributed by atoms with Crippen LogP contribution in [0.1, 0.15) is 296 Å². The lowest BCUT2D eigenvalue weighted by Gasteiger charge is -2.38. The van der Waals surface area contributed by atoms with Gasteiger partial charge in [0.05, 0.1) is 0 Å². The van der Waals surface area contributed by atoms with E-state index in [2.05, 4.69) is 81.3 Å². The summed E-state index contributed by atoms with van der Waals surface area (Å²) in [6, 6.07) is 2.04. The third-order valence-electron chi connectivity index (χ3n) is 15.8. The number of fused-ring (bicyclic) bond motifs is 1. The Morgan fingerprint density at radius 3 is 1.67 bits per heavy atom. The highest BCUT2D eigenvalue weighted by atomic mass is 16.5. The van der Waals surface area contributed by atoms with Crippen molar-refractivity contribution in [1.29, 1.82) is 0 Å². The van der Waals surface area contributed by atoms with Gasteiger partial charge in [-0.1, -0.05) is 196 Å². The Labute approximate surface area is 429 Å². The maximum atomic E-state index is 13.2. The summed E-state index contributed by atoms with van der Waals surface area (Å²) < 4.78 is 19.0. The zero-order valence-corrected chi connectivity index (χ0v) is 47.8. The molecule has 0 spiro atoms. The van der Waals surface area contributed by atoms with Crippen molar-refractivity contribution in [3.8, 4) is 11.5 Å². The summed E-state index contributed by atoms with van der Waals surface area (Å²) in [4.78, 5) is 28.4. The predicted octanol–water partition coefficient (Wildman–Crippen LogP) is 19.0. The van der Waals surface area contributed by atoms with Crippen molar-refractivity contribution < 1.29 is 23.8 Å². The molecule has 1 aliphatic rings. The molecule has 0 saturated heterocycles. The number of carbonyl (C=O) groups excluding carboxylic acids is 2. The number of unbranched alkanes of at least 4 members (excludes halogenated alkanes) is 15. The van der Waals surface area contributed by atoms with Crippen LogP contribution < -0.4 is 9.47 Å². The van der Waals surface area contributed by atoms with Gasteiger partial charge in [0.1, 0.15) is 23.2 Å². The van der Waals surface area contributed by atoms with Gasteiger partial charge in [0.2, 0.25) is 0 Å². The smallest absolute Gasteiger partial charge is 0.311 e. The van der Waals surface area contributed by atoms with Crippen LogP contribution in [-0.4, -0.2) is 49.2 Å². The lowest BCUT2D eigenvalue weighted by molar-refractivity contribution is -0.150. The van der Waals surface area contributed by atoms with Gasteiger partial charge >= 0.3 is 11.9 Å². The monoisotopic (exact) mass is 966 g/mol. The number of hydrogen-bond acceptors (Lipinski definition) is 6. The number of nitrogens with zero attached hydrogens (tertiary/aromatic N) is 1. The van der Waals surface area contributed by atoms with E-state index in [-0.39, 0.29) is 23.6 Å². The van der Waals surface area contributed by atoms with Crippen LogP contribution in [0.5, 0.6) is 11.5 Å². The maximum Gasteiger partial charge on any atom is 0.311 e. The van der Waals surface area contributed by atoms with Gasteiger partial charge in [-0.15, -0.1) is 0 Å². The van der Waals surface area contributed by atoms with Crippen molar-refractivity contribution >= 4 is 11.9 Å². The molecule has 6 nitrogen and oxygen atoms in total. The predicted molar refractivity (Wildman–Crippen MR) is 297 cm³/mol. The molecule has 1 aliphatic heterocycles. The Balaban J connectivity index is 1.70. The minimum Gasteiger partial charge on any atom is -0.487 e. The average molecular weight is 967 g/mol. The molecule has 0 radical (unpaired) electrons. The molecular weight excluding hydrogens is 851 g/mol. The summed E-state index contributed by atoms with van der Waals surface area (Å²) in [5, 5.41) is 0. The van der Waals surface area contributed by atoms with Crippen molar-refractivity contribution in [2.24, 2.45) is 23.7 Å². The Morgan fingerprint density at radius 1 is 0.609 bits per heavy atom. The summed E-state index contributed by atoms with van der Waals surface area (Å²) in [6.07, 6.45) is 43.6. The van der Waals surface area contributed by atoms with E-state index in [1.807, 2.05) is 6.07 Å². The molecule has 0 aromatic heterocycles. The number of hydrogen-bond donors (Lipinski definition) is 0. The highest BCUT2D eigenvalue weighted by molar-refractivity contribution is 5.73. The van der Waals surface area contributed by atoms with Crippen LogP contribution in [0.3, 0.4) is 0 Å². The largest absolute Gasteiger partial charge is 0.487 e. The van der Waals surface area contributed by atoms with E-state index in [1.165, 1.54) is 166 Å². The fourth-order valence-electron chi connectivity index (χ4n) is 10.9.